The number of nitrogens with zero attached hydrogens (tertiary/aromatic N) is 1. The normalized spacial score (nSPS) is 22.9. The Bertz CT molecular complexity index is 549. The van der Waals surface area contributed by atoms with Crippen molar-refractivity contribution in [1.29, 1.82) is 0 Å². The zero-order valence-corrected chi connectivity index (χ0v) is 12.9. The Hall–Kier alpha value is -1.88. The molecule has 1 aromatic carbocycles. The highest BCUT2D eigenvalue weighted by atomic mass is 16.4. The van der Waals surface area contributed by atoms with Gasteiger partial charge in [0.2, 0.25) is 5.91 Å². The molecule has 0 aromatic heterocycles. The van der Waals surface area contributed by atoms with Crippen LogP contribution in [0.1, 0.15) is 19.4 Å². The molecule has 5 heteroatoms. The Balaban J connectivity index is 1.99. The molecular formula is C16H22N2O3. The van der Waals surface area contributed by atoms with Crippen LogP contribution < -0.4 is 5.32 Å². The van der Waals surface area contributed by atoms with Crippen LogP contribution in [0.4, 0.5) is 5.69 Å². The average Bonchev–Trinajstić information content (AvgIpc) is 2.94. The molecule has 1 fully saturated rings. The number of benzene rings is 1. The van der Waals surface area contributed by atoms with Gasteiger partial charge < -0.3 is 15.3 Å². The average molecular weight is 290 g/mol. The van der Waals surface area contributed by atoms with Crippen molar-refractivity contribution in [2.24, 2.45) is 17.3 Å². The minimum Gasteiger partial charge on any atom is -0.481 e. The largest absolute Gasteiger partial charge is 0.481 e. The Morgan fingerprint density at radius 1 is 1.19 bits per heavy atom. The van der Waals surface area contributed by atoms with E-state index >= 15 is 0 Å². The zero-order valence-electron chi connectivity index (χ0n) is 12.9. The maximum atomic E-state index is 12.2. The lowest BCUT2D eigenvalue weighted by Gasteiger charge is -2.11. The fourth-order valence-electron chi connectivity index (χ4n) is 2.87. The van der Waals surface area contributed by atoms with Crippen LogP contribution in [0.5, 0.6) is 0 Å². The molecule has 5 nitrogen and oxygen atoms in total. The summed E-state index contributed by atoms with van der Waals surface area (Å²) in [5.41, 5.74) is 1.39. The molecule has 0 spiro atoms. The third-order valence-corrected chi connectivity index (χ3v) is 4.10. The highest BCUT2D eigenvalue weighted by molar-refractivity contribution is 5.99. The predicted molar refractivity (Wildman–Crippen MR) is 80.9 cm³/mol. The number of rotatable bonds is 5. The van der Waals surface area contributed by atoms with Crippen molar-refractivity contribution in [2.45, 2.75) is 20.4 Å². The van der Waals surface area contributed by atoms with Gasteiger partial charge in [-0.15, -0.1) is 0 Å². The number of amides is 1. The summed E-state index contributed by atoms with van der Waals surface area (Å²) in [6.45, 7) is 4.47. The first-order valence-electron chi connectivity index (χ1n) is 7.01. The molecule has 0 heterocycles. The van der Waals surface area contributed by atoms with E-state index in [1.165, 1.54) is 0 Å². The van der Waals surface area contributed by atoms with Crippen LogP contribution >= 0.6 is 0 Å². The van der Waals surface area contributed by atoms with Gasteiger partial charge in [0.25, 0.3) is 0 Å². The van der Waals surface area contributed by atoms with Crippen LogP contribution in [0.3, 0.4) is 0 Å². The lowest BCUT2D eigenvalue weighted by atomic mass is 10.1. The van der Waals surface area contributed by atoms with E-state index in [1.807, 2.05) is 52.2 Å². The lowest BCUT2D eigenvalue weighted by molar-refractivity contribution is -0.140. The molecule has 2 atom stereocenters. The number of carboxylic acid groups (broad SMARTS) is 1. The topological polar surface area (TPSA) is 69.6 Å². The van der Waals surface area contributed by atoms with E-state index in [2.05, 4.69) is 10.2 Å². The van der Waals surface area contributed by atoms with Gasteiger partial charge in [-0.2, -0.15) is 0 Å². The summed E-state index contributed by atoms with van der Waals surface area (Å²) in [5, 5.41) is 11.9. The van der Waals surface area contributed by atoms with Gasteiger partial charge in [-0.1, -0.05) is 26.0 Å². The van der Waals surface area contributed by atoms with Gasteiger partial charge in [0.05, 0.1) is 11.8 Å². The van der Waals surface area contributed by atoms with Crippen molar-refractivity contribution < 1.29 is 14.7 Å². The van der Waals surface area contributed by atoms with Crippen molar-refractivity contribution in [3.63, 3.8) is 0 Å². The smallest absolute Gasteiger partial charge is 0.307 e. The van der Waals surface area contributed by atoms with Crippen molar-refractivity contribution in [3.8, 4) is 0 Å². The number of hydrogen-bond acceptors (Lipinski definition) is 3. The number of aliphatic carboxylic acids is 1. The first-order valence-corrected chi connectivity index (χ1v) is 7.01. The Morgan fingerprint density at radius 2 is 1.76 bits per heavy atom. The van der Waals surface area contributed by atoms with Crippen LogP contribution in [0.15, 0.2) is 24.3 Å². The van der Waals surface area contributed by atoms with Crippen LogP contribution in [-0.2, 0) is 16.1 Å². The van der Waals surface area contributed by atoms with Crippen molar-refractivity contribution in [1.82, 2.24) is 4.90 Å². The number of nitrogens with one attached hydrogen (secondary N) is 1. The summed E-state index contributed by atoms with van der Waals surface area (Å²) in [4.78, 5) is 25.4. The molecular weight excluding hydrogens is 268 g/mol. The summed E-state index contributed by atoms with van der Waals surface area (Å²) in [5.74, 6) is -2.17. The molecule has 0 aliphatic heterocycles. The molecule has 1 saturated carbocycles. The molecule has 1 aromatic rings. The molecule has 0 radical (unpaired) electrons. The molecule has 0 bridgehead atoms. The molecule has 21 heavy (non-hydrogen) atoms. The molecule has 2 N–H and O–H groups in total. The van der Waals surface area contributed by atoms with E-state index in [-0.39, 0.29) is 5.91 Å². The summed E-state index contributed by atoms with van der Waals surface area (Å²) in [6.07, 6.45) is 0. The van der Waals surface area contributed by atoms with Gasteiger partial charge in [-0.3, -0.25) is 9.59 Å². The third-order valence-electron chi connectivity index (χ3n) is 4.10. The van der Waals surface area contributed by atoms with Crippen LogP contribution in [-0.4, -0.2) is 36.0 Å². The van der Waals surface area contributed by atoms with E-state index in [1.54, 1.807) is 0 Å². The minimum absolute atomic E-state index is 0.215. The highest BCUT2D eigenvalue weighted by Crippen LogP contribution is 2.58. The second kappa shape index (κ2) is 5.48. The Morgan fingerprint density at radius 3 is 2.19 bits per heavy atom. The zero-order chi connectivity index (χ0) is 15.8. The third kappa shape index (κ3) is 3.24. The van der Waals surface area contributed by atoms with Gasteiger partial charge >= 0.3 is 5.97 Å². The van der Waals surface area contributed by atoms with Crippen molar-refractivity contribution >= 4 is 17.6 Å². The lowest BCUT2D eigenvalue weighted by Crippen LogP contribution is -2.17. The molecule has 1 aliphatic rings. The fraction of sp³-hybridized carbons (Fsp3) is 0.500. The quantitative estimate of drug-likeness (QED) is 0.870. The summed E-state index contributed by atoms with van der Waals surface area (Å²) < 4.78 is 0. The summed E-state index contributed by atoms with van der Waals surface area (Å²) >= 11 is 0. The molecule has 2 unspecified atom stereocenters. The van der Waals surface area contributed by atoms with Gasteiger partial charge in [0, 0.05) is 12.2 Å². The van der Waals surface area contributed by atoms with Crippen molar-refractivity contribution in [3.05, 3.63) is 29.8 Å². The van der Waals surface area contributed by atoms with Crippen LogP contribution in [0.2, 0.25) is 0 Å². The second-order valence-corrected chi connectivity index (χ2v) is 6.54. The first-order chi connectivity index (χ1) is 9.73. The number of carboxylic acids is 1. The number of hydrogen-bond donors (Lipinski definition) is 2. The number of carbonyl (C=O) groups is 2. The van der Waals surface area contributed by atoms with Crippen LogP contribution in [0.25, 0.3) is 0 Å². The molecule has 2 rings (SSSR count). The van der Waals surface area contributed by atoms with Crippen molar-refractivity contribution in [2.75, 3.05) is 19.4 Å². The maximum Gasteiger partial charge on any atom is 0.307 e. The van der Waals surface area contributed by atoms with E-state index < -0.39 is 23.2 Å². The summed E-state index contributed by atoms with van der Waals surface area (Å²) in [6, 6.07) is 7.62. The highest BCUT2D eigenvalue weighted by Gasteiger charge is 2.65. The van der Waals surface area contributed by atoms with E-state index in [0.29, 0.717) is 5.69 Å². The van der Waals surface area contributed by atoms with E-state index in [4.69, 9.17) is 5.11 Å². The second-order valence-electron chi connectivity index (χ2n) is 6.54. The van der Waals surface area contributed by atoms with Gasteiger partial charge in [0.15, 0.2) is 0 Å². The number of anilines is 1. The Kier molecular flexibility index (Phi) is 4.05. The van der Waals surface area contributed by atoms with Gasteiger partial charge in [-0.25, -0.2) is 0 Å². The standard InChI is InChI=1S/C16H22N2O3/c1-16(2)12(13(16)15(20)21)14(19)17-11-7-5-10(6-8-11)9-18(3)4/h5-8,12-13H,9H2,1-4H3,(H,17,19)(H,20,21). The summed E-state index contributed by atoms with van der Waals surface area (Å²) in [7, 11) is 3.99. The molecule has 114 valence electrons. The van der Waals surface area contributed by atoms with E-state index in [0.717, 1.165) is 12.1 Å². The predicted octanol–water partition coefficient (Wildman–Crippen LogP) is 2.04. The monoisotopic (exact) mass is 290 g/mol. The number of carbonyl (C=O) groups excluding carboxylic acids is 1. The minimum atomic E-state index is -0.901. The fourth-order valence-corrected chi connectivity index (χ4v) is 2.87. The van der Waals surface area contributed by atoms with Gasteiger partial charge in [-0.05, 0) is 37.2 Å². The molecule has 0 saturated heterocycles. The van der Waals surface area contributed by atoms with Gasteiger partial charge in [0.1, 0.15) is 0 Å². The van der Waals surface area contributed by atoms with Crippen LogP contribution in [0, 0.1) is 17.3 Å². The molecule has 1 amide bonds. The maximum absolute atomic E-state index is 12.2. The Labute approximate surface area is 125 Å². The first kappa shape index (κ1) is 15.5. The SMILES string of the molecule is CN(C)Cc1ccc(NC(=O)C2C(C(=O)O)C2(C)C)cc1. The van der Waals surface area contributed by atoms with E-state index in [9.17, 15) is 9.59 Å². The molecule has 1 aliphatic carbocycles.